The van der Waals surface area contributed by atoms with E-state index in [9.17, 15) is 0 Å². The molecule has 1 aromatic carbocycles. The van der Waals surface area contributed by atoms with Gasteiger partial charge in [-0.05, 0) is 24.6 Å². The molecule has 0 spiro atoms. The molecule has 0 saturated carbocycles. The number of hydrogen-bond acceptors (Lipinski definition) is 3. The predicted molar refractivity (Wildman–Crippen MR) is 66.1 cm³/mol. The number of nitrogens with zero attached hydrogens (tertiary/aromatic N) is 1. The van der Waals surface area contributed by atoms with Gasteiger partial charge >= 0.3 is 0 Å². The van der Waals surface area contributed by atoms with Crippen LogP contribution in [-0.2, 0) is 9.47 Å². The van der Waals surface area contributed by atoms with Gasteiger partial charge in [0.25, 0.3) is 0 Å². The molecule has 17 heavy (non-hydrogen) atoms. The maximum Gasteiger partial charge on any atom is 0.187 e. The Balaban J connectivity index is 2.13. The zero-order chi connectivity index (χ0) is 11.8. The molecule has 4 heteroatoms. The average molecular weight is 250 g/mol. The number of aromatic nitrogens is 1. The van der Waals surface area contributed by atoms with E-state index in [1.807, 2.05) is 25.1 Å². The molecule has 0 amide bonds. The summed E-state index contributed by atoms with van der Waals surface area (Å²) >= 11 is 6.16. The molecule has 3 nitrogen and oxygen atoms in total. The Morgan fingerprint density at radius 2 is 2.00 bits per heavy atom. The van der Waals surface area contributed by atoms with E-state index in [2.05, 4.69) is 11.1 Å². The van der Waals surface area contributed by atoms with Crippen molar-refractivity contribution in [2.45, 2.75) is 13.2 Å². The molecular weight excluding hydrogens is 238 g/mol. The maximum absolute atomic E-state index is 6.16. The highest BCUT2D eigenvalue weighted by Crippen LogP contribution is 2.31. The lowest BCUT2D eigenvalue weighted by Crippen LogP contribution is -2.00. The summed E-state index contributed by atoms with van der Waals surface area (Å²) in [6.45, 7) is 3.24. The standard InChI is InChI=1S/C13H12ClNO2/c1-8-2-3-9-7-10(13-16-4-5-17-13)12(14)15-11(9)6-8/h2-3,6-7,13H,4-5H2,1H3. The van der Waals surface area contributed by atoms with Crippen molar-refractivity contribution < 1.29 is 9.47 Å². The van der Waals surface area contributed by atoms with E-state index < -0.39 is 0 Å². The van der Waals surface area contributed by atoms with Crippen LogP contribution in [0.5, 0.6) is 0 Å². The Morgan fingerprint density at radius 3 is 2.76 bits per heavy atom. The summed E-state index contributed by atoms with van der Waals surface area (Å²) in [7, 11) is 0. The van der Waals surface area contributed by atoms with E-state index >= 15 is 0 Å². The van der Waals surface area contributed by atoms with E-state index in [0.29, 0.717) is 18.4 Å². The van der Waals surface area contributed by atoms with E-state index in [4.69, 9.17) is 21.1 Å². The Hall–Kier alpha value is -1.16. The van der Waals surface area contributed by atoms with Crippen LogP contribution in [0.1, 0.15) is 17.4 Å². The quantitative estimate of drug-likeness (QED) is 0.727. The van der Waals surface area contributed by atoms with Crippen molar-refractivity contribution in [2.24, 2.45) is 0 Å². The minimum atomic E-state index is -0.374. The molecule has 88 valence electrons. The van der Waals surface area contributed by atoms with Crippen LogP contribution in [0.2, 0.25) is 5.15 Å². The minimum absolute atomic E-state index is 0.374. The van der Waals surface area contributed by atoms with Crippen LogP contribution in [0, 0.1) is 6.92 Å². The van der Waals surface area contributed by atoms with Gasteiger partial charge in [-0.1, -0.05) is 23.7 Å². The molecule has 0 unspecified atom stereocenters. The number of fused-ring (bicyclic) bond motifs is 1. The largest absolute Gasteiger partial charge is 0.346 e. The summed E-state index contributed by atoms with van der Waals surface area (Å²) in [5.41, 5.74) is 2.87. The molecule has 1 aromatic heterocycles. The van der Waals surface area contributed by atoms with Gasteiger partial charge in [-0.2, -0.15) is 0 Å². The summed E-state index contributed by atoms with van der Waals surface area (Å²) in [4.78, 5) is 4.39. The second-order valence-electron chi connectivity index (χ2n) is 4.14. The topological polar surface area (TPSA) is 31.4 Å². The predicted octanol–water partition coefficient (Wildman–Crippen LogP) is 3.24. The number of rotatable bonds is 1. The van der Waals surface area contributed by atoms with Gasteiger partial charge in [0, 0.05) is 10.9 Å². The van der Waals surface area contributed by atoms with Crippen molar-refractivity contribution in [1.29, 1.82) is 0 Å². The van der Waals surface area contributed by atoms with E-state index in [0.717, 1.165) is 16.5 Å². The van der Waals surface area contributed by atoms with Gasteiger partial charge in [-0.25, -0.2) is 4.98 Å². The Morgan fingerprint density at radius 1 is 1.24 bits per heavy atom. The molecule has 2 heterocycles. The third-order valence-corrected chi connectivity index (χ3v) is 3.13. The molecule has 1 saturated heterocycles. The monoisotopic (exact) mass is 249 g/mol. The van der Waals surface area contributed by atoms with Crippen LogP contribution >= 0.6 is 11.6 Å². The normalized spacial score (nSPS) is 16.8. The fraction of sp³-hybridized carbons (Fsp3) is 0.308. The fourth-order valence-electron chi connectivity index (χ4n) is 1.97. The highest BCUT2D eigenvalue weighted by Gasteiger charge is 2.22. The second kappa shape index (κ2) is 4.26. The van der Waals surface area contributed by atoms with Crippen LogP contribution < -0.4 is 0 Å². The Labute approximate surface area is 104 Å². The molecule has 2 aromatic rings. The first kappa shape index (κ1) is 11.0. The first-order chi connectivity index (χ1) is 8.24. The smallest absolute Gasteiger partial charge is 0.187 e. The number of halogens is 1. The molecule has 0 N–H and O–H groups in total. The van der Waals surface area contributed by atoms with Crippen molar-refractivity contribution in [2.75, 3.05) is 13.2 Å². The van der Waals surface area contributed by atoms with Gasteiger partial charge in [-0.3, -0.25) is 0 Å². The van der Waals surface area contributed by atoms with Crippen molar-refractivity contribution in [3.8, 4) is 0 Å². The van der Waals surface area contributed by atoms with Gasteiger partial charge < -0.3 is 9.47 Å². The van der Waals surface area contributed by atoms with Crippen molar-refractivity contribution in [3.63, 3.8) is 0 Å². The first-order valence-corrected chi connectivity index (χ1v) is 5.92. The lowest BCUT2D eigenvalue weighted by Gasteiger charge is -2.11. The number of aryl methyl sites for hydroxylation is 1. The van der Waals surface area contributed by atoms with Gasteiger partial charge in [0.05, 0.1) is 18.7 Å². The lowest BCUT2D eigenvalue weighted by molar-refractivity contribution is -0.0441. The molecular formula is C13H12ClNO2. The number of ether oxygens (including phenoxy) is 2. The molecule has 0 aliphatic carbocycles. The lowest BCUT2D eigenvalue weighted by atomic mass is 10.1. The van der Waals surface area contributed by atoms with E-state index in [1.54, 1.807) is 0 Å². The third-order valence-electron chi connectivity index (χ3n) is 2.83. The molecule has 1 aliphatic rings. The van der Waals surface area contributed by atoms with Gasteiger partial charge in [-0.15, -0.1) is 0 Å². The van der Waals surface area contributed by atoms with Crippen molar-refractivity contribution >= 4 is 22.5 Å². The van der Waals surface area contributed by atoms with Crippen LogP contribution in [0.3, 0.4) is 0 Å². The van der Waals surface area contributed by atoms with Crippen molar-refractivity contribution in [3.05, 3.63) is 40.5 Å². The molecule has 0 bridgehead atoms. The Kier molecular flexibility index (Phi) is 2.74. The molecule has 1 aliphatic heterocycles. The molecule has 1 fully saturated rings. The van der Waals surface area contributed by atoms with Crippen LogP contribution in [0.15, 0.2) is 24.3 Å². The summed E-state index contributed by atoms with van der Waals surface area (Å²) in [6.07, 6.45) is -0.374. The fourth-order valence-corrected chi connectivity index (χ4v) is 2.21. The summed E-state index contributed by atoms with van der Waals surface area (Å²) in [5, 5.41) is 1.50. The zero-order valence-electron chi connectivity index (χ0n) is 9.44. The average Bonchev–Trinajstić information content (AvgIpc) is 2.81. The summed E-state index contributed by atoms with van der Waals surface area (Å²) < 4.78 is 10.9. The maximum atomic E-state index is 6.16. The summed E-state index contributed by atoms with van der Waals surface area (Å²) in [6, 6.07) is 8.09. The van der Waals surface area contributed by atoms with Gasteiger partial charge in [0.15, 0.2) is 6.29 Å². The van der Waals surface area contributed by atoms with Gasteiger partial charge in [0.1, 0.15) is 5.15 Å². The number of pyridine rings is 1. The summed E-state index contributed by atoms with van der Waals surface area (Å²) in [5.74, 6) is 0. The molecule has 0 radical (unpaired) electrons. The third kappa shape index (κ3) is 2.02. The zero-order valence-corrected chi connectivity index (χ0v) is 10.2. The van der Waals surface area contributed by atoms with Gasteiger partial charge in [0.2, 0.25) is 0 Å². The van der Waals surface area contributed by atoms with Crippen molar-refractivity contribution in [1.82, 2.24) is 4.98 Å². The number of hydrogen-bond donors (Lipinski definition) is 0. The Bertz CT molecular complexity index is 565. The van der Waals surface area contributed by atoms with Crippen LogP contribution in [0.4, 0.5) is 0 Å². The van der Waals surface area contributed by atoms with E-state index in [-0.39, 0.29) is 6.29 Å². The highest BCUT2D eigenvalue weighted by atomic mass is 35.5. The first-order valence-electron chi connectivity index (χ1n) is 5.54. The molecule has 3 rings (SSSR count). The van der Waals surface area contributed by atoms with Crippen LogP contribution in [-0.4, -0.2) is 18.2 Å². The van der Waals surface area contributed by atoms with E-state index in [1.165, 1.54) is 5.56 Å². The SMILES string of the molecule is Cc1ccc2cc(C3OCCO3)c(Cl)nc2c1. The number of benzene rings is 1. The van der Waals surface area contributed by atoms with Crippen LogP contribution in [0.25, 0.3) is 10.9 Å². The second-order valence-corrected chi connectivity index (χ2v) is 4.50. The highest BCUT2D eigenvalue weighted by molar-refractivity contribution is 6.30. The minimum Gasteiger partial charge on any atom is -0.346 e. The molecule has 0 atom stereocenters.